The van der Waals surface area contributed by atoms with E-state index in [0.29, 0.717) is 22.0 Å². The summed E-state index contributed by atoms with van der Waals surface area (Å²) in [5, 5.41) is 3.10. The molecule has 0 spiro atoms. The van der Waals surface area contributed by atoms with Gasteiger partial charge in [0.1, 0.15) is 0 Å². The molecule has 0 fully saturated rings. The summed E-state index contributed by atoms with van der Waals surface area (Å²) < 4.78 is 4.91. The van der Waals surface area contributed by atoms with Crippen molar-refractivity contribution in [3.05, 3.63) is 58.7 Å². The molecule has 0 aliphatic rings. The summed E-state index contributed by atoms with van der Waals surface area (Å²) in [5.74, 6) is -0.141. The average molecular weight is 305 g/mol. The van der Waals surface area contributed by atoms with Crippen LogP contribution in [0.3, 0.4) is 0 Å². The maximum atomic E-state index is 11.9. The highest BCUT2D eigenvalue weighted by Crippen LogP contribution is 2.10. The predicted octanol–water partition coefficient (Wildman–Crippen LogP) is 2.36. The van der Waals surface area contributed by atoms with E-state index in [-0.39, 0.29) is 18.2 Å². The number of Topliss-reactive ketones (excluding diaryl/α,β-unsaturated/α-hetero) is 1. The van der Waals surface area contributed by atoms with E-state index in [4.69, 9.17) is 16.3 Å². The summed E-state index contributed by atoms with van der Waals surface area (Å²) in [6.45, 7) is -0.0908. The quantitative estimate of drug-likeness (QED) is 0.861. The zero-order valence-electron chi connectivity index (χ0n) is 11.3. The molecular formula is C15H13ClN2O3. The van der Waals surface area contributed by atoms with Crippen molar-refractivity contribution in [1.29, 1.82) is 0 Å². The molecule has 1 aromatic carbocycles. The SMILES string of the molecule is COc1ccc(C(=O)NCC(=O)c2ccc(Cl)cc2)cn1. The first-order valence-corrected chi connectivity index (χ1v) is 6.55. The third-order valence-corrected chi connectivity index (χ3v) is 3.04. The summed E-state index contributed by atoms with van der Waals surface area (Å²) in [6, 6.07) is 9.65. The van der Waals surface area contributed by atoms with E-state index < -0.39 is 0 Å². The van der Waals surface area contributed by atoms with E-state index >= 15 is 0 Å². The van der Waals surface area contributed by atoms with Crippen LogP contribution in [0.5, 0.6) is 5.88 Å². The van der Waals surface area contributed by atoms with Gasteiger partial charge >= 0.3 is 0 Å². The van der Waals surface area contributed by atoms with Gasteiger partial charge in [-0.1, -0.05) is 11.6 Å². The van der Waals surface area contributed by atoms with Gasteiger partial charge < -0.3 is 10.1 Å². The van der Waals surface area contributed by atoms with Gasteiger partial charge in [0.2, 0.25) is 5.88 Å². The number of hydrogen-bond donors (Lipinski definition) is 1. The maximum absolute atomic E-state index is 11.9. The Hall–Kier alpha value is -2.40. The minimum atomic E-state index is -0.368. The Bertz CT molecular complexity index is 639. The number of benzene rings is 1. The van der Waals surface area contributed by atoms with Crippen molar-refractivity contribution in [3.63, 3.8) is 0 Å². The van der Waals surface area contributed by atoms with Crippen molar-refractivity contribution >= 4 is 23.3 Å². The molecule has 5 nitrogen and oxygen atoms in total. The molecule has 0 atom stereocenters. The Kier molecular flexibility index (Phi) is 4.90. The minimum absolute atomic E-state index is 0.0908. The van der Waals surface area contributed by atoms with E-state index in [1.54, 1.807) is 36.4 Å². The molecular weight excluding hydrogens is 292 g/mol. The highest BCUT2D eigenvalue weighted by Gasteiger charge is 2.10. The molecule has 1 N–H and O–H groups in total. The van der Waals surface area contributed by atoms with Crippen molar-refractivity contribution in [2.24, 2.45) is 0 Å². The molecule has 0 saturated carbocycles. The highest BCUT2D eigenvalue weighted by atomic mass is 35.5. The molecule has 21 heavy (non-hydrogen) atoms. The smallest absolute Gasteiger partial charge is 0.253 e. The lowest BCUT2D eigenvalue weighted by Gasteiger charge is -2.05. The van der Waals surface area contributed by atoms with Crippen LogP contribution in [0.15, 0.2) is 42.6 Å². The normalized spacial score (nSPS) is 10.0. The molecule has 6 heteroatoms. The van der Waals surface area contributed by atoms with Crippen LogP contribution >= 0.6 is 11.6 Å². The number of pyridine rings is 1. The summed E-state index contributed by atoms with van der Waals surface area (Å²) in [7, 11) is 1.49. The molecule has 0 aliphatic heterocycles. The van der Waals surface area contributed by atoms with Gasteiger partial charge in [-0.2, -0.15) is 0 Å². The van der Waals surface area contributed by atoms with Gasteiger partial charge in [0.15, 0.2) is 5.78 Å². The second-order valence-corrected chi connectivity index (χ2v) is 4.64. The first-order valence-electron chi connectivity index (χ1n) is 6.17. The minimum Gasteiger partial charge on any atom is -0.481 e. The number of halogens is 1. The van der Waals surface area contributed by atoms with E-state index in [2.05, 4.69) is 10.3 Å². The fraction of sp³-hybridized carbons (Fsp3) is 0.133. The second-order valence-electron chi connectivity index (χ2n) is 4.20. The number of ether oxygens (including phenoxy) is 1. The molecule has 2 rings (SSSR count). The van der Waals surface area contributed by atoms with Crippen molar-refractivity contribution in [3.8, 4) is 5.88 Å². The van der Waals surface area contributed by atoms with Crippen LogP contribution < -0.4 is 10.1 Å². The Morgan fingerprint density at radius 3 is 2.38 bits per heavy atom. The van der Waals surface area contributed by atoms with Gasteiger partial charge in [0.05, 0.1) is 19.2 Å². The topological polar surface area (TPSA) is 68.3 Å². The van der Waals surface area contributed by atoms with E-state index in [1.165, 1.54) is 13.3 Å². The lowest BCUT2D eigenvalue weighted by atomic mass is 10.1. The number of carbonyl (C=O) groups is 2. The number of nitrogens with zero attached hydrogens (tertiary/aromatic N) is 1. The molecule has 1 amide bonds. The number of aromatic nitrogens is 1. The molecule has 0 aliphatic carbocycles. The lowest BCUT2D eigenvalue weighted by molar-refractivity contribution is 0.0904. The number of nitrogens with one attached hydrogen (secondary N) is 1. The standard InChI is InChI=1S/C15H13ClN2O3/c1-21-14-7-4-11(8-17-14)15(20)18-9-13(19)10-2-5-12(16)6-3-10/h2-8H,9H2,1H3,(H,18,20). The van der Waals surface area contributed by atoms with Crippen LogP contribution in [0.25, 0.3) is 0 Å². The number of hydrogen-bond acceptors (Lipinski definition) is 4. The summed E-state index contributed by atoms with van der Waals surface area (Å²) in [6.07, 6.45) is 1.39. The molecule has 0 radical (unpaired) electrons. The predicted molar refractivity (Wildman–Crippen MR) is 78.9 cm³/mol. The first-order chi connectivity index (χ1) is 10.1. The van der Waals surface area contributed by atoms with Crippen molar-refractivity contribution in [2.75, 3.05) is 13.7 Å². The Morgan fingerprint density at radius 1 is 1.14 bits per heavy atom. The largest absolute Gasteiger partial charge is 0.481 e. The fourth-order valence-corrected chi connectivity index (χ4v) is 1.76. The number of ketones is 1. The van der Waals surface area contributed by atoms with Crippen molar-refractivity contribution in [1.82, 2.24) is 10.3 Å². The van der Waals surface area contributed by atoms with Crippen LogP contribution in [0.2, 0.25) is 5.02 Å². The van der Waals surface area contributed by atoms with Gasteiger partial charge in [-0.3, -0.25) is 9.59 Å². The van der Waals surface area contributed by atoms with Gasteiger partial charge in [-0.25, -0.2) is 4.98 Å². The van der Waals surface area contributed by atoms with E-state index in [0.717, 1.165) is 0 Å². The monoisotopic (exact) mass is 304 g/mol. The highest BCUT2D eigenvalue weighted by molar-refractivity contribution is 6.30. The van der Waals surface area contributed by atoms with Crippen molar-refractivity contribution in [2.45, 2.75) is 0 Å². The Labute approximate surface area is 126 Å². The molecule has 1 heterocycles. The van der Waals surface area contributed by atoms with Crippen LogP contribution in [0.1, 0.15) is 20.7 Å². The number of carbonyl (C=O) groups excluding carboxylic acids is 2. The van der Waals surface area contributed by atoms with Gasteiger partial charge in [-0.15, -0.1) is 0 Å². The average Bonchev–Trinajstić information content (AvgIpc) is 2.53. The van der Waals surface area contributed by atoms with Crippen LogP contribution in [-0.2, 0) is 0 Å². The summed E-state index contributed by atoms with van der Waals surface area (Å²) in [5.41, 5.74) is 0.854. The third-order valence-electron chi connectivity index (χ3n) is 2.78. The van der Waals surface area contributed by atoms with Crippen LogP contribution in [0.4, 0.5) is 0 Å². The molecule has 0 bridgehead atoms. The van der Waals surface area contributed by atoms with E-state index in [1.807, 2.05) is 0 Å². The third kappa shape index (κ3) is 4.03. The second kappa shape index (κ2) is 6.85. The van der Waals surface area contributed by atoms with Crippen LogP contribution in [0, 0.1) is 0 Å². The van der Waals surface area contributed by atoms with Gasteiger partial charge in [-0.05, 0) is 30.3 Å². The molecule has 108 valence electrons. The zero-order chi connectivity index (χ0) is 15.2. The van der Waals surface area contributed by atoms with E-state index in [9.17, 15) is 9.59 Å². The van der Waals surface area contributed by atoms with Gasteiger partial charge in [0.25, 0.3) is 5.91 Å². The molecule has 1 aromatic heterocycles. The number of rotatable bonds is 5. The van der Waals surface area contributed by atoms with Gasteiger partial charge in [0, 0.05) is 22.8 Å². The molecule has 0 saturated heterocycles. The first kappa shape index (κ1) is 15.0. The zero-order valence-corrected chi connectivity index (χ0v) is 12.1. The maximum Gasteiger partial charge on any atom is 0.253 e. The molecule has 0 unspecified atom stereocenters. The summed E-state index contributed by atoms with van der Waals surface area (Å²) in [4.78, 5) is 27.7. The fourth-order valence-electron chi connectivity index (χ4n) is 1.64. The number of methoxy groups -OCH3 is 1. The summed E-state index contributed by atoms with van der Waals surface area (Å²) >= 11 is 5.75. The van der Waals surface area contributed by atoms with Crippen molar-refractivity contribution < 1.29 is 14.3 Å². The van der Waals surface area contributed by atoms with Crippen LogP contribution in [-0.4, -0.2) is 30.3 Å². The Morgan fingerprint density at radius 2 is 1.81 bits per heavy atom. The molecule has 2 aromatic rings. The number of amides is 1. The lowest BCUT2D eigenvalue weighted by Crippen LogP contribution is -2.29. The Balaban J connectivity index is 1.93.